The first-order valence-corrected chi connectivity index (χ1v) is 9.31. The molecule has 4 heteroatoms. The van der Waals surface area contributed by atoms with Crippen molar-refractivity contribution in [2.24, 2.45) is 5.92 Å². The van der Waals surface area contributed by atoms with Crippen molar-refractivity contribution in [3.05, 3.63) is 90.0 Å². The average molecular weight is 347 g/mol. The van der Waals surface area contributed by atoms with Crippen molar-refractivity contribution in [1.29, 1.82) is 0 Å². The molecule has 2 heterocycles. The SMILES string of the molecule is OC(c1ccccc1)(c1ccccc1)C1CCN(Cc2ncc[nH]2)CC1. The Labute approximate surface area is 154 Å². The highest BCUT2D eigenvalue weighted by Crippen LogP contribution is 2.41. The Morgan fingerprint density at radius 3 is 2.04 bits per heavy atom. The molecular weight excluding hydrogens is 322 g/mol. The number of nitrogens with one attached hydrogen (secondary N) is 1. The second-order valence-corrected chi connectivity index (χ2v) is 7.08. The largest absolute Gasteiger partial charge is 0.380 e. The van der Waals surface area contributed by atoms with Crippen LogP contribution in [-0.2, 0) is 12.1 Å². The van der Waals surface area contributed by atoms with Crippen LogP contribution in [0.4, 0.5) is 0 Å². The fraction of sp³-hybridized carbons (Fsp3) is 0.318. The lowest BCUT2D eigenvalue weighted by atomic mass is 9.72. The molecule has 1 aromatic heterocycles. The van der Waals surface area contributed by atoms with Crippen LogP contribution in [0.2, 0.25) is 0 Å². The van der Waals surface area contributed by atoms with E-state index in [2.05, 4.69) is 14.9 Å². The van der Waals surface area contributed by atoms with Gasteiger partial charge in [0.2, 0.25) is 0 Å². The summed E-state index contributed by atoms with van der Waals surface area (Å²) in [5.74, 6) is 1.20. The molecule has 0 spiro atoms. The van der Waals surface area contributed by atoms with Crippen molar-refractivity contribution in [3.8, 4) is 0 Å². The number of rotatable bonds is 5. The molecule has 1 fully saturated rings. The Morgan fingerprint density at radius 1 is 0.962 bits per heavy atom. The molecule has 0 amide bonds. The van der Waals surface area contributed by atoms with Crippen LogP contribution < -0.4 is 0 Å². The number of aliphatic hydroxyl groups is 1. The van der Waals surface area contributed by atoms with Gasteiger partial charge < -0.3 is 10.1 Å². The van der Waals surface area contributed by atoms with E-state index in [0.717, 1.165) is 49.4 Å². The molecule has 2 N–H and O–H groups in total. The second kappa shape index (κ2) is 7.44. The van der Waals surface area contributed by atoms with E-state index in [9.17, 15) is 5.11 Å². The smallest absolute Gasteiger partial charge is 0.120 e. The Morgan fingerprint density at radius 2 is 1.54 bits per heavy atom. The first-order chi connectivity index (χ1) is 12.8. The van der Waals surface area contributed by atoms with Gasteiger partial charge in [-0.15, -0.1) is 0 Å². The summed E-state index contributed by atoms with van der Waals surface area (Å²) in [5, 5.41) is 11.9. The number of piperidine rings is 1. The summed E-state index contributed by atoms with van der Waals surface area (Å²) in [4.78, 5) is 9.91. The summed E-state index contributed by atoms with van der Waals surface area (Å²) in [5.41, 5.74) is 1.02. The van der Waals surface area contributed by atoms with E-state index in [0.29, 0.717) is 0 Å². The highest BCUT2D eigenvalue weighted by Gasteiger charge is 2.41. The number of imidazole rings is 1. The van der Waals surface area contributed by atoms with Gasteiger partial charge in [-0.25, -0.2) is 4.98 Å². The van der Waals surface area contributed by atoms with E-state index < -0.39 is 5.60 Å². The lowest BCUT2D eigenvalue weighted by molar-refractivity contribution is -0.0155. The standard InChI is InChI=1S/C22H25N3O/c26-22(18-7-3-1-4-8-18,19-9-5-2-6-10-19)20-11-15-25(16-12-20)17-21-23-13-14-24-21/h1-10,13-14,20,26H,11-12,15-17H2,(H,23,24). The first-order valence-electron chi connectivity index (χ1n) is 9.31. The maximum Gasteiger partial charge on any atom is 0.120 e. The molecule has 134 valence electrons. The molecule has 0 unspecified atom stereocenters. The third-order valence-corrected chi connectivity index (χ3v) is 5.53. The van der Waals surface area contributed by atoms with E-state index in [4.69, 9.17) is 0 Å². The highest BCUT2D eigenvalue weighted by atomic mass is 16.3. The van der Waals surface area contributed by atoms with E-state index in [-0.39, 0.29) is 5.92 Å². The normalized spacial score (nSPS) is 16.7. The molecule has 0 atom stereocenters. The predicted molar refractivity (Wildman–Crippen MR) is 102 cm³/mol. The van der Waals surface area contributed by atoms with Gasteiger partial charge in [-0.2, -0.15) is 0 Å². The maximum absolute atomic E-state index is 11.9. The van der Waals surface area contributed by atoms with Crippen LogP contribution in [0.5, 0.6) is 0 Å². The van der Waals surface area contributed by atoms with Crippen molar-refractivity contribution < 1.29 is 5.11 Å². The van der Waals surface area contributed by atoms with Crippen LogP contribution in [0.15, 0.2) is 73.1 Å². The zero-order chi connectivity index (χ0) is 17.8. The molecule has 4 nitrogen and oxygen atoms in total. The van der Waals surface area contributed by atoms with Gasteiger partial charge in [-0.1, -0.05) is 60.7 Å². The fourth-order valence-corrected chi connectivity index (χ4v) is 4.13. The third-order valence-electron chi connectivity index (χ3n) is 5.53. The number of aromatic amines is 1. The summed E-state index contributed by atoms with van der Waals surface area (Å²) < 4.78 is 0. The number of nitrogens with zero attached hydrogens (tertiary/aromatic N) is 2. The second-order valence-electron chi connectivity index (χ2n) is 7.08. The van der Waals surface area contributed by atoms with Crippen molar-refractivity contribution in [1.82, 2.24) is 14.9 Å². The van der Waals surface area contributed by atoms with Gasteiger partial charge in [0.15, 0.2) is 0 Å². The van der Waals surface area contributed by atoms with Gasteiger partial charge in [0.25, 0.3) is 0 Å². The fourth-order valence-electron chi connectivity index (χ4n) is 4.13. The summed E-state index contributed by atoms with van der Waals surface area (Å²) in [6.45, 7) is 2.77. The minimum atomic E-state index is -0.945. The molecule has 2 aromatic carbocycles. The topological polar surface area (TPSA) is 52.1 Å². The Hall–Kier alpha value is -2.43. The Balaban J connectivity index is 1.56. The molecule has 0 aliphatic carbocycles. The van der Waals surface area contributed by atoms with Crippen LogP contribution in [-0.4, -0.2) is 33.1 Å². The number of aromatic nitrogens is 2. The van der Waals surface area contributed by atoms with Crippen molar-refractivity contribution in [3.63, 3.8) is 0 Å². The summed E-state index contributed by atoms with van der Waals surface area (Å²) in [7, 11) is 0. The highest BCUT2D eigenvalue weighted by molar-refractivity contribution is 5.37. The molecular formula is C22H25N3O. The summed E-state index contributed by atoms with van der Waals surface area (Å²) in [6.07, 6.45) is 5.58. The van der Waals surface area contributed by atoms with Gasteiger partial charge in [0.05, 0.1) is 6.54 Å². The summed E-state index contributed by atoms with van der Waals surface area (Å²) in [6, 6.07) is 20.2. The molecule has 0 saturated carbocycles. The molecule has 4 rings (SSSR count). The minimum absolute atomic E-state index is 0.195. The van der Waals surface area contributed by atoms with Crippen molar-refractivity contribution >= 4 is 0 Å². The monoisotopic (exact) mass is 347 g/mol. The number of likely N-dealkylation sites (tertiary alicyclic amines) is 1. The van der Waals surface area contributed by atoms with Gasteiger partial charge in [0.1, 0.15) is 11.4 Å². The van der Waals surface area contributed by atoms with Crippen molar-refractivity contribution in [2.45, 2.75) is 25.0 Å². The lowest BCUT2D eigenvalue weighted by Crippen LogP contribution is -2.44. The zero-order valence-corrected chi connectivity index (χ0v) is 14.9. The molecule has 3 aromatic rings. The number of hydrogen-bond donors (Lipinski definition) is 2. The first kappa shape index (κ1) is 17.0. The molecule has 26 heavy (non-hydrogen) atoms. The minimum Gasteiger partial charge on any atom is -0.380 e. The van der Waals surface area contributed by atoms with Crippen LogP contribution in [0, 0.1) is 5.92 Å². The van der Waals surface area contributed by atoms with E-state index in [1.807, 2.05) is 66.9 Å². The number of benzene rings is 2. The quantitative estimate of drug-likeness (QED) is 0.742. The van der Waals surface area contributed by atoms with Gasteiger partial charge in [0, 0.05) is 12.4 Å². The third kappa shape index (κ3) is 3.30. The number of hydrogen-bond acceptors (Lipinski definition) is 3. The Kier molecular flexibility index (Phi) is 4.87. The molecule has 0 radical (unpaired) electrons. The van der Waals surface area contributed by atoms with Gasteiger partial charge in [-0.05, 0) is 43.0 Å². The molecule has 1 saturated heterocycles. The average Bonchev–Trinajstić information content (AvgIpc) is 3.22. The van der Waals surface area contributed by atoms with E-state index >= 15 is 0 Å². The van der Waals surface area contributed by atoms with Crippen LogP contribution in [0.3, 0.4) is 0 Å². The number of H-pyrrole nitrogens is 1. The van der Waals surface area contributed by atoms with Gasteiger partial charge in [-0.3, -0.25) is 4.90 Å². The lowest BCUT2D eigenvalue weighted by Gasteiger charge is -2.42. The zero-order valence-electron chi connectivity index (χ0n) is 14.9. The molecule has 1 aliphatic heterocycles. The van der Waals surface area contributed by atoms with Crippen LogP contribution in [0.1, 0.15) is 29.8 Å². The van der Waals surface area contributed by atoms with Crippen molar-refractivity contribution in [2.75, 3.05) is 13.1 Å². The van der Waals surface area contributed by atoms with E-state index in [1.54, 1.807) is 6.20 Å². The van der Waals surface area contributed by atoms with Gasteiger partial charge >= 0.3 is 0 Å². The maximum atomic E-state index is 11.9. The summed E-state index contributed by atoms with van der Waals surface area (Å²) >= 11 is 0. The Bertz CT molecular complexity index is 754. The van der Waals surface area contributed by atoms with Crippen LogP contribution in [0.25, 0.3) is 0 Å². The molecule has 1 aliphatic rings. The predicted octanol–water partition coefficient (Wildman–Crippen LogP) is 3.56. The van der Waals surface area contributed by atoms with Crippen LogP contribution >= 0.6 is 0 Å². The molecule has 0 bridgehead atoms. The van der Waals surface area contributed by atoms with E-state index in [1.165, 1.54) is 0 Å².